The summed E-state index contributed by atoms with van der Waals surface area (Å²) in [5.41, 5.74) is 0.302. The molecule has 0 saturated carbocycles. The molecule has 1 atom stereocenters. The summed E-state index contributed by atoms with van der Waals surface area (Å²) in [6.45, 7) is 2.18. The van der Waals surface area contributed by atoms with Crippen LogP contribution in [0.4, 0.5) is 8.78 Å². The van der Waals surface area contributed by atoms with Gasteiger partial charge in [-0.05, 0) is 25.1 Å². The smallest absolute Gasteiger partial charge is 0.243 e. The molecule has 1 unspecified atom stereocenters. The number of furan rings is 1. The number of hydrogen-bond donors (Lipinski definition) is 2. The third-order valence-corrected chi connectivity index (χ3v) is 3.90. The van der Waals surface area contributed by atoms with Crippen LogP contribution in [0.3, 0.4) is 0 Å². The first-order chi connectivity index (χ1) is 12.9. The van der Waals surface area contributed by atoms with E-state index in [9.17, 15) is 13.6 Å². The van der Waals surface area contributed by atoms with Gasteiger partial charge in [-0.1, -0.05) is 6.07 Å². The summed E-state index contributed by atoms with van der Waals surface area (Å²) in [6, 6.07) is 6.61. The van der Waals surface area contributed by atoms with Gasteiger partial charge < -0.3 is 20.0 Å². The quantitative estimate of drug-likeness (QED) is 0.344. The second kappa shape index (κ2) is 11.6. The molecule has 0 spiro atoms. The third-order valence-electron chi connectivity index (χ3n) is 3.90. The average molecular weight is 506 g/mol. The molecule has 28 heavy (non-hydrogen) atoms. The van der Waals surface area contributed by atoms with Gasteiger partial charge in [-0.15, -0.1) is 24.0 Å². The van der Waals surface area contributed by atoms with Gasteiger partial charge in [0, 0.05) is 38.7 Å². The molecule has 0 saturated heterocycles. The number of rotatable bonds is 7. The van der Waals surface area contributed by atoms with Crippen molar-refractivity contribution < 1.29 is 18.0 Å². The lowest BCUT2D eigenvalue weighted by atomic mass is 10.1. The van der Waals surface area contributed by atoms with Crippen molar-refractivity contribution in [1.29, 1.82) is 0 Å². The van der Waals surface area contributed by atoms with Crippen LogP contribution in [0, 0.1) is 11.6 Å². The Kier molecular flexibility index (Phi) is 9.91. The summed E-state index contributed by atoms with van der Waals surface area (Å²) >= 11 is 0. The SMILES string of the molecule is CC(NC(=NCC(=O)N(C)C)NCCc1ccco1)c1ccc(F)cc1F.I. The third kappa shape index (κ3) is 7.45. The number of benzene rings is 1. The predicted octanol–water partition coefficient (Wildman–Crippen LogP) is 3.10. The van der Waals surface area contributed by atoms with Crippen LogP contribution >= 0.6 is 24.0 Å². The maximum Gasteiger partial charge on any atom is 0.243 e. The second-order valence-electron chi connectivity index (χ2n) is 6.24. The number of guanidine groups is 1. The van der Waals surface area contributed by atoms with E-state index in [4.69, 9.17) is 4.42 Å². The fourth-order valence-corrected chi connectivity index (χ4v) is 2.34. The van der Waals surface area contributed by atoms with Crippen molar-refractivity contribution in [3.05, 3.63) is 59.6 Å². The highest BCUT2D eigenvalue weighted by atomic mass is 127. The predicted molar refractivity (Wildman–Crippen MR) is 115 cm³/mol. The van der Waals surface area contributed by atoms with Crippen molar-refractivity contribution in [2.24, 2.45) is 4.99 Å². The highest BCUT2D eigenvalue weighted by Crippen LogP contribution is 2.17. The Hall–Kier alpha value is -2.17. The molecule has 9 heteroatoms. The summed E-state index contributed by atoms with van der Waals surface area (Å²) in [7, 11) is 3.29. The van der Waals surface area contributed by atoms with Crippen molar-refractivity contribution in [3.8, 4) is 0 Å². The van der Waals surface area contributed by atoms with Crippen LogP contribution in [0.1, 0.15) is 24.3 Å². The van der Waals surface area contributed by atoms with E-state index in [1.165, 1.54) is 17.0 Å². The molecule has 0 aliphatic rings. The van der Waals surface area contributed by atoms with E-state index in [0.29, 0.717) is 24.5 Å². The Morgan fingerprint density at radius 3 is 2.64 bits per heavy atom. The number of amides is 1. The molecule has 1 aromatic carbocycles. The number of carbonyl (C=O) groups excluding carboxylic acids is 1. The Balaban J connectivity index is 0.00000392. The highest BCUT2D eigenvalue weighted by molar-refractivity contribution is 14.0. The fourth-order valence-electron chi connectivity index (χ4n) is 2.34. The van der Waals surface area contributed by atoms with Gasteiger partial charge in [0.15, 0.2) is 5.96 Å². The van der Waals surface area contributed by atoms with Crippen LogP contribution in [0.15, 0.2) is 46.0 Å². The number of halogens is 3. The Morgan fingerprint density at radius 2 is 2.04 bits per heavy atom. The molecule has 0 aliphatic heterocycles. The molecule has 0 fully saturated rings. The van der Waals surface area contributed by atoms with Gasteiger partial charge in [-0.2, -0.15) is 0 Å². The van der Waals surface area contributed by atoms with E-state index in [2.05, 4.69) is 15.6 Å². The van der Waals surface area contributed by atoms with E-state index in [1.54, 1.807) is 33.3 Å². The zero-order chi connectivity index (χ0) is 19.8. The molecule has 0 aliphatic carbocycles. The van der Waals surface area contributed by atoms with Gasteiger partial charge >= 0.3 is 0 Å². The first-order valence-corrected chi connectivity index (χ1v) is 8.59. The zero-order valence-corrected chi connectivity index (χ0v) is 18.4. The molecule has 6 nitrogen and oxygen atoms in total. The summed E-state index contributed by atoms with van der Waals surface area (Å²) < 4.78 is 32.4. The largest absolute Gasteiger partial charge is 0.469 e. The molecule has 1 amide bonds. The van der Waals surface area contributed by atoms with Crippen molar-refractivity contribution in [2.75, 3.05) is 27.2 Å². The monoisotopic (exact) mass is 506 g/mol. The fraction of sp³-hybridized carbons (Fsp3) is 0.368. The first-order valence-electron chi connectivity index (χ1n) is 8.59. The van der Waals surface area contributed by atoms with Gasteiger partial charge in [-0.3, -0.25) is 4.79 Å². The minimum absolute atomic E-state index is 0. The highest BCUT2D eigenvalue weighted by Gasteiger charge is 2.14. The summed E-state index contributed by atoms with van der Waals surface area (Å²) in [5, 5.41) is 6.14. The number of aliphatic imine (C=N–C) groups is 1. The molecule has 0 bridgehead atoms. The van der Waals surface area contributed by atoms with Crippen molar-refractivity contribution >= 4 is 35.8 Å². The lowest BCUT2D eigenvalue weighted by Crippen LogP contribution is -2.40. The van der Waals surface area contributed by atoms with E-state index in [-0.39, 0.29) is 36.4 Å². The molecular weight excluding hydrogens is 481 g/mol. The second-order valence-corrected chi connectivity index (χ2v) is 6.24. The minimum atomic E-state index is -0.644. The number of likely N-dealkylation sites (N-methyl/N-ethyl adjacent to an activating group) is 1. The maximum atomic E-state index is 14.0. The van der Waals surface area contributed by atoms with Crippen LogP contribution in [0.25, 0.3) is 0 Å². The van der Waals surface area contributed by atoms with Crippen LogP contribution < -0.4 is 10.6 Å². The lowest BCUT2D eigenvalue weighted by Gasteiger charge is -2.19. The van der Waals surface area contributed by atoms with Gasteiger partial charge in [-0.25, -0.2) is 13.8 Å². The molecule has 2 rings (SSSR count). The van der Waals surface area contributed by atoms with Crippen LogP contribution in [0.2, 0.25) is 0 Å². The minimum Gasteiger partial charge on any atom is -0.469 e. The number of nitrogens with one attached hydrogen (secondary N) is 2. The normalized spacial score (nSPS) is 12.1. The number of hydrogen-bond acceptors (Lipinski definition) is 3. The summed E-state index contributed by atoms with van der Waals surface area (Å²) in [5.74, 6) is -0.278. The molecule has 154 valence electrons. The zero-order valence-electron chi connectivity index (χ0n) is 16.0. The molecule has 2 aromatic rings. The van der Waals surface area contributed by atoms with Gasteiger partial charge in [0.25, 0.3) is 0 Å². The average Bonchev–Trinajstić information content (AvgIpc) is 3.12. The van der Waals surface area contributed by atoms with E-state index >= 15 is 0 Å². The van der Waals surface area contributed by atoms with Crippen molar-refractivity contribution in [3.63, 3.8) is 0 Å². The topological polar surface area (TPSA) is 69.9 Å². The van der Waals surface area contributed by atoms with Crippen molar-refractivity contribution in [1.82, 2.24) is 15.5 Å². The lowest BCUT2D eigenvalue weighted by molar-refractivity contribution is -0.127. The van der Waals surface area contributed by atoms with Crippen LogP contribution in [0.5, 0.6) is 0 Å². The Bertz CT molecular complexity index is 782. The van der Waals surface area contributed by atoms with Crippen molar-refractivity contribution in [2.45, 2.75) is 19.4 Å². The Morgan fingerprint density at radius 1 is 1.29 bits per heavy atom. The van der Waals surface area contributed by atoms with E-state index in [1.807, 2.05) is 6.07 Å². The summed E-state index contributed by atoms with van der Waals surface area (Å²) in [4.78, 5) is 17.5. The molecule has 2 N–H and O–H groups in total. The molecule has 1 aromatic heterocycles. The number of carbonyl (C=O) groups is 1. The van der Waals surface area contributed by atoms with E-state index in [0.717, 1.165) is 11.8 Å². The van der Waals surface area contributed by atoms with Crippen LogP contribution in [-0.4, -0.2) is 44.0 Å². The van der Waals surface area contributed by atoms with Crippen LogP contribution in [-0.2, 0) is 11.2 Å². The number of nitrogens with zero attached hydrogens (tertiary/aromatic N) is 2. The Labute approximate surface area is 180 Å². The van der Waals surface area contributed by atoms with Gasteiger partial charge in [0.2, 0.25) is 5.91 Å². The molecule has 0 radical (unpaired) electrons. The van der Waals surface area contributed by atoms with Gasteiger partial charge in [0.1, 0.15) is 23.9 Å². The molecule has 1 heterocycles. The summed E-state index contributed by atoms with van der Waals surface area (Å²) in [6.07, 6.45) is 2.21. The standard InChI is InChI=1S/C19H24F2N4O2.HI/c1-13(16-7-6-14(20)11-17(16)21)24-19(23-12-18(26)25(2)3)22-9-8-15-5-4-10-27-15;/h4-7,10-11,13H,8-9,12H2,1-3H3,(H2,22,23,24);1H. The van der Waals surface area contributed by atoms with Gasteiger partial charge in [0.05, 0.1) is 12.3 Å². The maximum absolute atomic E-state index is 14.0. The first kappa shape index (κ1) is 23.9. The van der Waals surface area contributed by atoms with E-state index < -0.39 is 17.7 Å². The molecular formula is C19H25F2IN4O2.